The number of carbonyl (C=O) groups is 3. The van der Waals surface area contributed by atoms with Gasteiger partial charge < -0.3 is 0 Å². The zero-order valence-electron chi connectivity index (χ0n) is 8.58. The Hall–Kier alpha value is -1.65. The Morgan fingerprint density at radius 2 is 1.80 bits per heavy atom. The zero-order valence-corrected chi connectivity index (χ0v) is 8.58. The molecule has 0 unspecified atom stereocenters. The molecule has 2 N–H and O–H groups in total. The van der Waals surface area contributed by atoms with E-state index in [-0.39, 0.29) is 0 Å². The van der Waals surface area contributed by atoms with Crippen molar-refractivity contribution < 1.29 is 14.4 Å². The van der Waals surface area contributed by atoms with Crippen LogP contribution < -0.4 is 10.6 Å². The van der Waals surface area contributed by atoms with Crippen LogP contribution in [0.1, 0.15) is 26.2 Å². The van der Waals surface area contributed by atoms with Crippen LogP contribution in [0.15, 0.2) is 12.2 Å². The molecule has 0 bridgehead atoms. The van der Waals surface area contributed by atoms with Crippen LogP contribution in [0.4, 0.5) is 4.79 Å². The van der Waals surface area contributed by atoms with E-state index in [9.17, 15) is 14.4 Å². The highest BCUT2D eigenvalue weighted by Gasteiger charge is 2.31. The number of amides is 4. The van der Waals surface area contributed by atoms with Gasteiger partial charge in [-0.3, -0.25) is 20.2 Å². The second-order valence-corrected chi connectivity index (χ2v) is 3.36. The summed E-state index contributed by atoms with van der Waals surface area (Å²) in [6.07, 6.45) is 6.24. The van der Waals surface area contributed by atoms with Crippen molar-refractivity contribution in [1.29, 1.82) is 0 Å². The maximum atomic E-state index is 11.2. The van der Waals surface area contributed by atoms with Crippen LogP contribution in [0, 0.1) is 5.92 Å². The topological polar surface area (TPSA) is 75.3 Å². The number of imide groups is 2. The van der Waals surface area contributed by atoms with Gasteiger partial charge in [0.1, 0.15) is 5.92 Å². The maximum absolute atomic E-state index is 11.2. The molecular weight excluding hydrogens is 196 g/mol. The molecule has 0 aromatic carbocycles. The van der Waals surface area contributed by atoms with Crippen molar-refractivity contribution in [2.24, 2.45) is 5.92 Å². The predicted octanol–water partition coefficient (Wildman–Crippen LogP) is 0.715. The van der Waals surface area contributed by atoms with Crippen molar-refractivity contribution in [2.45, 2.75) is 26.2 Å². The fourth-order valence-electron chi connectivity index (χ4n) is 1.26. The minimum absolute atomic E-state index is 0.559. The molecule has 0 spiro atoms. The molecular formula is C10H14N2O3. The van der Waals surface area contributed by atoms with E-state index >= 15 is 0 Å². The van der Waals surface area contributed by atoms with E-state index in [1.54, 1.807) is 6.08 Å². The number of allylic oxidation sites excluding steroid dienone is 1. The SMILES string of the molecule is CCCCC=CC1C(=O)NC(=O)NC1=O. The first kappa shape index (κ1) is 11.4. The van der Waals surface area contributed by atoms with E-state index in [0.29, 0.717) is 0 Å². The van der Waals surface area contributed by atoms with Gasteiger partial charge in [-0.2, -0.15) is 0 Å². The Morgan fingerprint density at radius 1 is 1.20 bits per heavy atom. The number of rotatable bonds is 4. The highest BCUT2D eigenvalue weighted by molar-refractivity contribution is 6.17. The Kier molecular flexibility index (Phi) is 4.03. The molecule has 0 atom stereocenters. The molecule has 0 saturated carbocycles. The third-order valence-electron chi connectivity index (χ3n) is 2.09. The average molecular weight is 210 g/mol. The van der Waals surface area contributed by atoms with E-state index in [4.69, 9.17) is 0 Å². The maximum Gasteiger partial charge on any atom is 0.328 e. The zero-order chi connectivity index (χ0) is 11.3. The molecule has 1 rings (SSSR count). The quantitative estimate of drug-likeness (QED) is 0.407. The first-order valence-electron chi connectivity index (χ1n) is 4.97. The van der Waals surface area contributed by atoms with Gasteiger partial charge in [0.25, 0.3) is 0 Å². The summed E-state index contributed by atoms with van der Waals surface area (Å²) in [5.74, 6) is -1.99. The normalized spacial score (nSPS) is 18.1. The fraction of sp³-hybridized carbons (Fsp3) is 0.500. The van der Waals surface area contributed by atoms with Crippen LogP contribution in [0.25, 0.3) is 0 Å². The van der Waals surface area contributed by atoms with Gasteiger partial charge in [0.05, 0.1) is 0 Å². The van der Waals surface area contributed by atoms with Crippen LogP contribution in [0.5, 0.6) is 0 Å². The molecule has 1 aliphatic heterocycles. The fourth-order valence-corrected chi connectivity index (χ4v) is 1.26. The number of nitrogens with one attached hydrogen (secondary N) is 2. The highest BCUT2D eigenvalue weighted by atomic mass is 16.2. The predicted molar refractivity (Wildman–Crippen MR) is 53.8 cm³/mol. The summed E-state index contributed by atoms with van der Waals surface area (Å²) in [4.78, 5) is 33.2. The summed E-state index contributed by atoms with van der Waals surface area (Å²) in [6, 6.07) is -0.747. The van der Waals surface area contributed by atoms with E-state index in [1.165, 1.54) is 6.08 Å². The van der Waals surface area contributed by atoms with Crippen molar-refractivity contribution in [2.75, 3.05) is 0 Å². The van der Waals surface area contributed by atoms with Gasteiger partial charge in [-0.1, -0.05) is 31.9 Å². The van der Waals surface area contributed by atoms with Crippen LogP contribution in [0.3, 0.4) is 0 Å². The molecule has 5 heteroatoms. The van der Waals surface area contributed by atoms with Crippen molar-refractivity contribution in [3.05, 3.63) is 12.2 Å². The van der Waals surface area contributed by atoms with E-state index in [2.05, 4.69) is 6.92 Å². The number of hydrogen-bond donors (Lipinski definition) is 2. The number of urea groups is 1. The van der Waals surface area contributed by atoms with Gasteiger partial charge >= 0.3 is 6.03 Å². The number of hydrogen-bond acceptors (Lipinski definition) is 3. The van der Waals surface area contributed by atoms with Gasteiger partial charge in [-0.15, -0.1) is 0 Å². The third-order valence-corrected chi connectivity index (χ3v) is 2.09. The molecule has 4 amide bonds. The number of carbonyl (C=O) groups excluding carboxylic acids is 3. The van der Waals surface area contributed by atoms with Crippen LogP contribution in [-0.2, 0) is 9.59 Å². The van der Waals surface area contributed by atoms with Gasteiger partial charge in [-0.25, -0.2) is 4.79 Å². The van der Waals surface area contributed by atoms with E-state index in [1.807, 2.05) is 10.6 Å². The monoisotopic (exact) mass is 210 g/mol. The minimum Gasteiger partial charge on any atom is -0.277 e. The van der Waals surface area contributed by atoms with Crippen LogP contribution in [-0.4, -0.2) is 17.8 Å². The molecule has 0 aliphatic carbocycles. The summed E-state index contributed by atoms with van der Waals surface area (Å²) >= 11 is 0. The summed E-state index contributed by atoms with van der Waals surface area (Å²) < 4.78 is 0. The summed E-state index contributed by atoms with van der Waals surface area (Å²) in [5, 5.41) is 4.08. The van der Waals surface area contributed by atoms with Gasteiger partial charge in [0.15, 0.2) is 0 Å². The third kappa shape index (κ3) is 3.19. The largest absolute Gasteiger partial charge is 0.328 e. The van der Waals surface area contributed by atoms with E-state index < -0.39 is 23.8 Å². The molecule has 1 aliphatic rings. The van der Waals surface area contributed by atoms with Gasteiger partial charge in [0, 0.05) is 0 Å². The number of unbranched alkanes of at least 4 members (excludes halogenated alkanes) is 2. The Labute approximate surface area is 87.9 Å². The van der Waals surface area contributed by atoms with Crippen LogP contribution in [0.2, 0.25) is 0 Å². The lowest BCUT2D eigenvalue weighted by atomic mass is 10.0. The molecule has 0 aromatic heterocycles. The van der Waals surface area contributed by atoms with Crippen molar-refractivity contribution in [3.8, 4) is 0 Å². The standard InChI is InChI=1S/C10H14N2O3/c1-2-3-4-5-6-7-8(13)11-10(15)12-9(7)14/h5-7H,2-4H2,1H3,(H2,11,12,13,14,15). The van der Waals surface area contributed by atoms with Crippen molar-refractivity contribution in [1.82, 2.24) is 10.6 Å². The summed E-state index contributed by atoms with van der Waals surface area (Å²) in [5.41, 5.74) is 0. The lowest BCUT2D eigenvalue weighted by molar-refractivity contribution is -0.133. The highest BCUT2D eigenvalue weighted by Crippen LogP contribution is 2.05. The second kappa shape index (κ2) is 5.29. The Bertz CT molecular complexity index is 290. The smallest absolute Gasteiger partial charge is 0.277 e. The Morgan fingerprint density at radius 3 is 2.33 bits per heavy atom. The first-order valence-corrected chi connectivity index (χ1v) is 4.97. The molecule has 1 heterocycles. The summed E-state index contributed by atoms with van der Waals surface area (Å²) in [7, 11) is 0. The number of barbiturate groups is 1. The van der Waals surface area contributed by atoms with E-state index in [0.717, 1.165) is 19.3 Å². The molecule has 1 saturated heterocycles. The molecule has 15 heavy (non-hydrogen) atoms. The molecule has 82 valence electrons. The molecule has 5 nitrogen and oxygen atoms in total. The van der Waals surface area contributed by atoms with Gasteiger partial charge in [0.2, 0.25) is 11.8 Å². The molecule has 1 fully saturated rings. The minimum atomic E-state index is -0.875. The average Bonchev–Trinajstić information content (AvgIpc) is 2.15. The summed E-state index contributed by atoms with van der Waals surface area (Å²) in [6.45, 7) is 2.06. The van der Waals surface area contributed by atoms with Crippen LogP contribution >= 0.6 is 0 Å². The molecule has 0 radical (unpaired) electrons. The van der Waals surface area contributed by atoms with Crippen molar-refractivity contribution in [3.63, 3.8) is 0 Å². The van der Waals surface area contributed by atoms with Crippen molar-refractivity contribution >= 4 is 17.8 Å². The first-order chi connectivity index (χ1) is 7.15. The second-order valence-electron chi connectivity index (χ2n) is 3.36. The van der Waals surface area contributed by atoms with Gasteiger partial charge in [-0.05, 0) is 6.42 Å². The molecule has 0 aromatic rings. The Balaban J connectivity index is 2.53. The lowest BCUT2D eigenvalue weighted by Crippen LogP contribution is -2.55. The lowest BCUT2D eigenvalue weighted by Gasteiger charge is -2.17.